The van der Waals surface area contributed by atoms with Gasteiger partial charge in [-0.25, -0.2) is 4.79 Å². The maximum atomic E-state index is 12.9. The van der Waals surface area contributed by atoms with E-state index in [2.05, 4.69) is 15.5 Å². The highest BCUT2D eigenvalue weighted by atomic mass is 16.5. The van der Waals surface area contributed by atoms with E-state index in [1.807, 2.05) is 24.3 Å². The maximum absolute atomic E-state index is 12.9. The Morgan fingerprint density at radius 2 is 1.91 bits per heavy atom. The molecule has 0 aliphatic carbocycles. The third-order valence-electron chi connectivity index (χ3n) is 5.48. The molecule has 1 aliphatic heterocycles. The monoisotopic (exact) mass is 438 g/mol. The molecule has 0 saturated carbocycles. The average Bonchev–Trinajstić information content (AvgIpc) is 3.35. The Hall–Kier alpha value is -3.75. The lowest BCUT2D eigenvalue weighted by Crippen LogP contribution is -2.41. The van der Waals surface area contributed by atoms with Crippen molar-refractivity contribution in [2.75, 3.05) is 39.7 Å². The number of carbonyl (C=O) groups excluding carboxylic acids is 1. The van der Waals surface area contributed by atoms with Gasteiger partial charge >= 0.3 is 6.03 Å². The molecule has 1 aliphatic rings. The minimum atomic E-state index is -0.203. The number of likely N-dealkylation sites (tertiary alicyclic amines) is 1. The summed E-state index contributed by atoms with van der Waals surface area (Å²) in [5, 5.41) is 7.05. The molecular formula is C23H26N4O5. The highest BCUT2D eigenvalue weighted by Gasteiger charge is 2.29. The van der Waals surface area contributed by atoms with Gasteiger partial charge in [0, 0.05) is 24.7 Å². The molecule has 0 radical (unpaired) electrons. The molecule has 4 rings (SSSR count). The Balaban J connectivity index is 1.45. The van der Waals surface area contributed by atoms with E-state index in [0.29, 0.717) is 42.0 Å². The molecule has 1 aromatic heterocycles. The fourth-order valence-electron chi connectivity index (χ4n) is 3.74. The van der Waals surface area contributed by atoms with Gasteiger partial charge in [0.2, 0.25) is 11.7 Å². The van der Waals surface area contributed by atoms with Crippen LogP contribution < -0.4 is 19.5 Å². The lowest BCUT2D eigenvalue weighted by Gasteiger charge is -2.31. The number of anilines is 1. The minimum Gasteiger partial charge on any atom is -0.497 e. The second-order valence-corrected chi connectivity index (χ2v) is 7.47. The number of aromatic nitrogens is 2. The fraction of sp³-hybridized carbons (Fsp3) is 0.348. The molecule has 1 unspecified atom stereocenters. The van der Waals surface area contributed by atoms with E-state index in [0.717, 1.165) is 24.2 Å². The molecule has 1 atom stereocenters. The lowest BCUT2D eigenvalue weighted by atomic mass is 9.98. The Bertz CT molecular complexity index is 1080. The molecule has 1 N–H and O–H groups in total. The van der Waals surface area contributed by atoms with Crippen LogP contribution in [0.5, 0.6) is 17.2 Å². The Labute approximate surface area is 186 Å². The highest BCUT2D eigenvalue weighted by Crippen LogP contribution is 2.31. The number of rotatable bonds is 6. The van der Waals surface area contributed by atoms with Crippen molar-refractivity contribution in [3.8, 4) is 28.6 Å². The molecule has 3 aromatic rings. The number of benzene rings is 2. The van der Waals surface area contributed by atoms with E-state index in [1.54, 1.807) is 44.4 Å². The van der Waals surface area contributed by atoms with Gasteiger partial charge in [-0.3, -0.25) is 0 Å². The molecule has 1 saturated heterocycles. The number of urea groups is 1. The number of hydrogen-bond donors (Lipinski definition) is 1. The van der Waals surface area contributed by atoms with Gasteiger partial charge in [0.15, 0.2) is 0 Å². The topological polar surface area (TPSA) is 99.0 Å². The van der Waals surface area contributed by atoms with Crippen LogP contribution in [0.25, 0.3) is 11.4 Å². The summed E-state index contributed by atoms with van der Waals surface area (Å²) in [5.41, 5.74) is 1.40. The van der Waals surface area contributed by atoms with Crippen LogP contribution in [0.3, 0.4) is 0 Å². The number of amides is 2. The summed E-state index contributed by atoms with van der Waals surface area (Å²) in [5.74, 6) is 2.92. The summed E-state index contributed by atoms with van der Waals surface area (Å²) in [6, 6.07) is 12.6. The standard InChI is InChI=1S/C23H26N4O5/c1-29-17-8-4-6-15(12-17)21-25-22(32-26-21)16-7-5-11-27(14-16)23(28)24-19-10-9-18(30-2)13-20(19)31-3/h4,6,8-10,12-13,16H,5,7,11,14H2,1-3H3,(H,24,28). The SMILES string of the molecule is COc1cccc(-c2noc(C3CCCN(C(=O)Nc4ccc(OC)cc4OC)C3)n2)c1. The number of hydrogen-bond acceptors (Lipinski definition) is 7. The van der Waals surface area contributed by atoms with Gasteiger partial charge in [0.1, 0.15) is 17.2 Å². The molecule has 32 heavy (non-hydrogen) atoms. The Kier molecular flexibility index (Phi) is 6.44. The first-order valence-electron chi connectivity index (χ1n) is 10.4. The summed E-state index contributed by atoms with van der Waals surface area (Å²) < 4.78 is 21.4. The largest absolute Gasteiger partial charge is 0.497 e. The smallest absolute Gasteiger partial charge is 0.321 e. The zero-order chi connectivity index (χ0) is 22.5. The van der Waals surface area contributed by atoms with Gasteiger partial charge in [-0.2, -0.15) is 4.98 Å². The van der Waals surface area contributed by atoms with Crippen LogP contribution in [0.1, 0.15) is 24.7 Å². The van der Waals surface area contributed by atoms with Crippen LogP contribution in [0, 0.1) is 0 Å². The zero-order valence-corrected chi connectivity index (χ0v) is 18.3. The molecule has 2 amide bonds. The third kappa shape index (κ3) is 4.61. The predicted molar refractivity (Wildman–Crippen MR) is 118 cm³/mol. The molecule has 1 fully saturated rings. The summed E-state index contributed by atoms with van der Waals surface area (Å²) in [6.45, 7) is 1.14. The average molecular weight is 438 g/mol. The van der Waals surface area contributed by atoms with Crippen molar-refractivity contribution in [3.63, 3.8) is 0 Å². The van der Waals surface area contributed by atoms with Crippen molar-refractivity contribution >= 4 is 11.7 Å². The fourth-order valence-corrected chi connectivity index (χ4v) is 3.74. The molecule has 2 heterocycles. The highest BCUT2D eigenvalue weighted by molar-refractivity contribution is 5.91. The first kappa shape index (κ1) is 21.5. The van der Waals surface area contributed by atoms with Crippen LogP contribution in [-0.2, 0) is 0 Å². The first-order valence-corrected chi connectivity index (χ1v) is 10.4. The van der Waals surface area contributed by atoms with Crippen molar-refractivity contribution < 1.29 is 23.5 Å². The van der Waals surface area contributed by atoms with Gasteiger partial charge in [-0.15, -0.1) is 0 Å². The minimum absolute atomic E-state index is 0.0286. The van der Waals surface area contributed by atoms with Crippen molar-refractivity contribution in [1.29, 1.82) is 0 Å². The second kappa shape index (κ2) is 9.59. The van der Waals surface area contributed by atoms with Crippen molar-refractivity contribution in [2.45, 2.75) is 18.8 Å². The summed E-state index contributed by atoms with van der Waals surface area (Å²) in [6.07, 6.45) is 1.71. The van der Waals surface area contributed by atoms with E-state index in [-0.39, 0.29) is 11.9 Å². The molecule has 0 spiro atoms. The number of carbonyl (C=O) groups is 1. The van der Waals surface area contributed by atoms with Gasteiger partial charge in [-0.05, 0) is 37.1 Å². The van der Waals surface area contributed by atoms with E-state index >= 15 is 0 Å². The first-order chi connectivity index (χ1) is 15.6. The van der Waals surface area contributed by atoms with E-state index in [1.165, 1.54) is 0 Å². The molecular weight excluding hydrogens is 412 g/mol. The molecule has 2 aromatic carbocycles. The molecule has 0 bridgehead atoms. The number of nitrogens with zero attached hydrogens (tertiary/aromatic N) is 3. The van der Waals surface area contributed by atoms with Crippen molar-refractivity contribution in [3.05, 3.63) is 48.4 Å². The van der Waals surface area contributed by atoms with Crippen molar-refractivity contribution in [1.82, 2.24) is 15.0 Å². The summed E-state index contributed by atoms with van der Waals surface area (Å²) in [4.78, 5) is 19.2. The van der Waals surface area contributed by atoms with E-state index in [9.17, 15) is 4.79 Å². The molecule has 9 nitrogen and oxygen atoms in total. The van der Waals surface area contributed by atoms with Crippen LogP contribution in [0.2, 0.25) is 0 Å². The quantitative estimate of drug-likeness (QED) is 0.616. The normalized spacial score (nSPS) is 15.8. The zero-order valence-electron chi connectivity index (χ0n) is 18.3. The van der Waals surface area contributed by atoms with Crippen LogP contribution in [0.15, 0.2) is 47.0 Å². The van der Waals surface area contributed by atoms with Gasteiger partial charge in [0.05, 0.1) is 32.9 Å². The van der Waals surface area contributed by atoms with Crippen LogP contribution in [-0.4, -0.2) is 55.5 Å². The third-order valence-corrected chi connectivity index (χ3v) is 5.48. The van der Waals surface area contributed by atoms with Crippen LogP contribution in [0.4, 0.5) is 10.5 Å². The summed E-state index contributed by atoms with van der Waals surface area (Å²) in [7, 11) is 4.75. The van der Waals surface area contributed by atoms with Gasteiger partial charge < -0.3 is 29.0 Å². The number of piperidine rings is 1. The predicted octanol–water partition coefficient (Wildman–Crippen LogP) is 4.17. The Morgan fingerprint density at radius 3 is 2.69 bits per heavy atom. The van der Waals surface area contributed by atoms with Crippen molar-refractivity contribution in [2.24, 2.45) is 0 Å². The summed E-state index contributed by atoms with van der Waals surface area (Å²) >= 11 is 0. The van der Waals surface area contributed by atoms with E-state index < -0.39 is 0 Å². The van der Waals surface area contributed by atoms with Crippen LogP contribution >= 0.6 is 0 Å². The number of ether oxygens (including phenoxy) is 3. The second-order valence-electron chi connectivity index (χ2n) is 7.47. The van der Waals surface area contributed by atoms with Gasteiger partial charge in [0.25, 0.3) is 0 Å². The Morgan fingerprint density at radius 1 is 1.09 bits per heavy atom. The van der Waals surface area contributed by atoms with E-state index in [4.69, 9.17) is 18.7 Å². The van der Waals surface area contributed by atoms with Gasteiger partial charge in [-0.1, -0.05) is 17.3 Å². The number of nitrogens with one attached hydrogen (secondary N) is 1. The molecule has 168 valence electrons. The lowest BCUT2D eigenvalue weighted by molar-refractivity contribution is 0.184. The maximum Gasteiger partial charge on any atom is 0.321 e. The molecule has 9 heteroatoms. The number of methoxy groups -OCH3 is 3.